The molecule has 0 aromatic heterocycles. The largest absolute Gasteiger partial charge is 0.495 e. The van der Waals surface area contributed by atoms with Crippen molar-refractivity contribution < 1.29 is 9.84 Å². The quantitative estimate of drug-likeness (QED) is 0.589. The SMILES string of the molecule is CC(C)OC1=NCC=C(O)N1. The summed E-state index contributed by atoms with van der Waals surface area (Å²) in [6.45, 7) is 4.28. The first-order valence-corrected chi connectivity index (χ1v) is 3.55. The molecule has 0 amide bonds. The maximum absolute atomic E-state index is 8.98. The number of nitrogens with one attached hydrogen (secondary N) is 1. The molecule has 1 aliphatic heterocycles. The maximum atomic E-state index is 8.98. The number of nitrogens with zero attached hydrogens (tertiary/aromatic N) is 1. The van der Waals surface area contributed by atoms with Crippen LogP contribution in [-0.2, 0) is 4.74 Å². The lowest BCUT2D eigenvalue weighted by Gasteiger charge is -2.15. The molecule has 2 N–H and O–H groups in total. The molecule has 4 heteroatoms. The predicted octanol–water partition coefficient (Wildman–Crippen LogP) is 0.770. The Morgan fingerprint density at radius 1 is 1.73 bits per heavy atom. The Balaban J connectivity index is 2.42. The third kappa shape index (κ3) is 2.49. The van der Waals surface area contributed by atoms with Crippen LogP contribution in [0.3, 0.4) is 0 Å². The molecule has 0 aliphatic carbocycles. The second kappa shape index (κ2) is 3.27. The second-order valence-corrected chi connectivity index (χ2v) is 2.53. The number of hydrogen-bond donors (Lipinski definition) is 2. The van der Waals surface area contributed by atoms with E-state index in [0.29, 0.717) is 12.6 Å². The average Bonchev–Trinajstić information content (AvgIpc) is 1.85. The number of amidine groups is 1. The summed E-state index contributed by atoms with van der Waals surface area (Å²) in [5.41, 5.74) is 0. The molecule has 0 saturated heterocycles. The van der Waals surface area contributed by atoms with Gasteiger partial charge in [0, 0.05) is 0 Å². The first-order valence-electron chi connectivity index (χ1n) is 3.55. The monoisotopic (exact) mass is 156 g/mol. The van der Waals surface area contributed by atoms with E-state index in [4.69, 9.17) is 9.84 Å². The lowest BCUT2D eigenvalue weighted by atomic mass is 10.5. The Morgan fingerprint density at radius 2 is 2.45 bits per heavy atom. The highest BCUT2D eigenvalue weighted by atomic mass is 16.5. The van der Waals surface area contributed by atoms with Crippen LogP contribution in [0.25, 0.3) is 0 Å². The number of aliphatic hydroxyl groups excluding tert-OH is 1. The van der Waals surface area contributed by atoms with Crippen molar-refractivity contribution in [1.29, 1.82) is 0 Å². The first-order chi connectivity index (χ1) is 5.18. The lowest BCUT2D eigenvalue weighted by Crippen LogP contribution is -2.30. The highest BCUT2D eigenvalue weighted by molar-refractivity contribution is 5.76. The van der Waals surface area contributed by atoms with E-state index in [1.807, 2.05) is 13.8 Å². The van der Waals surface area contributed by atoms with Gasteiger partial charge in [-0.1, -0.05) is 0 Å². The summed E-state index contributed by atoms with van der Waals surface area (Å²) in [6, 6.07) is 0.389. The highest BCUT2D eigenvalue weighted by Crippen LogP contribution is 1.96. The fraction of sp³-hybridized carbons (Fsp3) is 0.571. The average molecular weight is 156 g/mol. The van der Waals surface area contributed by atoms with Crippen LogP contribution in [0.5, 0.6) is 0 Å². The molecule has 1 aliphatic rings. The van der Waals surface area contributed by atoms with Crippen LogP contribution in [0.2, 0.25) is 0 Å². The van der Waals surface area contributed by atoms with Gasteiger partial charge in [-0.15, -0.1) is 0 Å². The number of aliphatic imine (C=N–C) groups is 1. The van der Waals surface area contributed by atoms with Gasteiger partial charge in [0.2, 0.25) is 0 Å². The van der Waals surface area contributed by atoms with Gasteiger partial charge >= 0.3 is 0 Å². The van der Waals surface area contributed by atoms with Crippen molar-refractivity contribution in [3.63, 3.8) is 0 Å². The smallest absolute Gasteiger partial charge is 0.292 e. The molecule has 0 unspecified atom stereocenters. The number of hydrogen-bond acceptors (Lipinski definition) is 4. The zero-order valence-electron chi connectivity index (χ0n) is 6.66. The molecular formula is C7H12N2O2. The third-order valence-corrected chi connectivity index (χ3v) is 1.10. The van der Waals surface area contributed by atoms with E-state index in [-0.39, 0.29) is 12.0 Å². The number of aliphatic hydroxyl groups is 1. The van der Waals surface area contributed by atoms with E-state index < -0.39 is 0 Å². The molecule has 4 nitrogen and oxygen atoms in total. The molecular weight excluding hydrogens is 144 g/mol. The van der Waals surface area contributed by atoms with E-state index in [1.54, 1.807) is 6.08 Å². The van der Waals surface area contributed by atoms with Gasteiger partial charge in [0.05, 0.1) is 12.6 Å². The predicted molar refractivity (Wildman–Crippen MR) is 42.4 cm³/mol. The van der Waals surface area contributed by atoms with Crippen LogP contribution < -0.4 is 5.32 Å². The van der Waals surface area contributed by atoms with Crippen LogP contribution in [0.15, 0.2) is 17.0 Å². The van der Waals surface area contributed by atoms with Gasteiger partial charge in [-0.05, 0) is 19.9 Å². The zero-order chi connectivity index (χ0) is 8.27. The third-order valence-electron chi connectivity index (χ3n) is 1.10. The Morgan fingerprint density at radius 3 is 3.00 bits per heavy atom. The fourth-order valence-electron chi connectivity index (χ4n) is 0.705. The van der Waals surface area contributed by atoms with Gasteiger partial charge in [-0.2, -0.15) is 0 Å². The highest BCUT2D eigenvalue weighted by Gasteiger charge is 2.07. The fourth-order valence-corrected chi connectivity index (χ4v) is 0.705. The molecule has 0 atom stereocenters. The minimum atomic E-state index is 0.0761. The Kier molecular flexibility index (Phi) is 2.36. The molecule has 0 fully saturated rings. The van der Waals surface area contributed by atoms with Crippen LogP contribution >= 0.6 is 0 Å². The summed E-state index contributed by atoms with van der Waals surface area (Å²) in [5, 5.41) is 11.6. The lowest BCUT2D eigenvalue weighted by molar-refractivity contribution is 0.210. The molecule has 62 valence electrons. The summed E-state index contributed by atoms with van der Waals surface area (Å²) < 4.78 is 5.20. The maximum Gasteiger partial charge on any atom is 0.292 e. The summed E-state index contributed by atoms with van der Waals surface area (Å²) in [7, 11) is 0. The summed E-state index contributed by atoms with van der Waals surface area (Å²) in [4.78, 5) is 3.97. The van der Waals surface area contributed by atoms with E-state index in [2.05, 4.69) is 10.3 Å². The van der Waals surface area contributed by atoms with Crippen molar-refractivity contribution in [3.8, 4) is 0 Å². The van der Waals surface area contributed by atoms with Crippen LogP contribution in [0.4, 0.5) is 0 Å². The molecule has 0 aromatic carbocycles. The van der Waals surface area contributed by atoms with Crippen molar-refractivity contribution in [3.05, 3.63) is 12.0 Å². The minimum Gasteiger partial charge on any atom is -0.495 e. The van der Waals surface area contributed by atoms with Gasteiger partial charge in [-0.3, -0.25) is 5.32 Å². The van der Waals surface area contributed by atoms with Crippen molar-refractivity contribution >= 4 is 6.02 Å². The van der Waals surface area contributed by atoms with Gasteiger partial charge in [-0.25, -0.2) is 4.99 Å². The molecule has 1 rings (SSSR count). The topological polar surface area (TPSA) is 53.9 Å². The van der Waals surface area contributed by atoms with Gasteiger partial charge < -0.3 is 9.84 Å². The normalized spacial score (nSPS) is 17.0. The van der Waals surface area contributed by atoms with Gasteiger partial charge in [0.25, 0.3) is 6.02 Å². The van der Waals surface area contributed by atoms with E-state index in [0.717, 1.165) is 0 Å². The van der Waals surface area contributed by atoms with E-state index in [9.17, 15) is 0 Å². The van der Waals surface area contributed by atoms with E-state index in [1.165, 1.54) is 0 Å². The molecule has 0 bridgehead atoms. The molecule has 11 heavy (non-hydrogen) atoms. The molecule has 1 heterocycles. The number of rotatable bonds is 1. The summed E-state index contributed by atoms with van der Waals surface area (Å²) in [6.07, 6.45) is 1.65. The van der Waals surface area contributed by atoms with Crippen molar-refractivity contribution in [1.82, 2.24) is 5.32 Å². The Bertz CT molecular complexity index is 197. The molecule has 0 radical (unpaired) electrons. The number of ether oxygens (including phenoxy) is 1. The van der Waals surface area contributed by atoms with Crippen LogP contribution in [-0.4, -0.2) is 23.8 Å². The van der Waals surface area contributed by atoms with Gasteiger partial charge in [0.1, 0.15) is 0 Å². The Labute approximate surface area is 65.6 Å². The standard InChI is InChI=1S/C7H12N2O2/c1-5(2)11-7-8-4-3-6(10)9-7/h3,5,10H,4H2,1-2H3,(H,8,9). The van der Waals surface area contributed by atoms with Crippen molar-refractivity contribution in [2.24, 2.45) is 4.99 Å². The summed E-state index contributed by atoms with van der Waals surface area (Å²) in [5.74, 6) is 0.107. The first kappa shape index (κ1) is 7.91. The van der Waals surface area contributed by atoms with Crippen molar-refractivity contribution in [2.75, 3.05) is 6.54 Å². The van der Waals surface area contributed by atoms with Crippen LogP contribution in [0.1, 0.15) is 13.8 Å². The second-order valence-electron chi connectivity index (χ2n) is 2.53. The molecule has 0 saturated carbocycles. The summed E-state index contributed by atoms with van der Waals surface area (Å²) >= 11 is 0. The Hall–Kier alpha value is -1.19. The molecule has 0 aromatic rings. The molecule has 0 spiro atoms. The van der Waals surface area contributed by atoms with Crippen molar-refractivity contribution in [2.45, 2.75) is 20.0 Å². The van der Waals surface area contributed by atoms with Gasteiger partial charge in [0.15, 0.2) is 5.88 Å². The minimum absolute atomic E-state index is 0.0761. The van der Waals surface area contributed by atoms with E-state index >= 15 is 0 Å². The van der Waals surface area contributed by atoms with Crippen LogP contribution in [0, 0.1) is 0 Å². The zero-order valence-corrected chi connectivity index (χ0v) is 6.66.